The van der Waals surface area contributed by atoms with Gasteiger partial charge in [-0.15, -0.1) is 0 Å². The summed E-state index contributed by atoms with van der Waals surface area (Å²) in [6, 6.07) is 0.529. The van der Waals surface area contributed by atoms with Gasteiger partial charge in [-0.2, -0.15) is 0 Å². The molecule has 2 heterocycles. The largest absolute Gasteiger partial charge is 0.339 e. The number of likely N-dealkylation sites (tertiary alicyclic amines) is 1. The van der Waals surface area contributed by atoms with Crippen LogP contribution in [0.15, 0.2) is 0 Å². The van der Waals surface area contributed by atoms with E-state index in [-0.39, 0.29) is 5.91 Å². The van der Waals surface area contributed by atoms with Gasteiger partial charge in [0.05, 0.1) is 0 Å². The van der Waals surface area contributed by atoms with Crippen LogP contribution >= 0.6 is 21.6 Å². The molecule has 2 rings (SSSR count). The Bertz CT molecular complexity index is 216. The number of nitrogens with zero attached hydrogens (tertiary/aromatic N) is 1. The van der Waals surface area contributed by atoms with Crippen molar-refractivity contribution in [3.63, 3.8) is 0 Å². The van der Waals surface area contributed by atoms with Crippen LogP contribution in [0.5, 0.6) is 0 Å². The van der Waals surface area contributed by atoms with Gasteiger partial charge in [0, 0.05) is 30.5 Å². The molecule has 0 aliphatic carbocycles. The summed E-state index contributed by atoms with van der Waals surface area (Å²) in [5, 5.41) is 0.698. The van der Waals surface area contributed by atoms with Crippen LogP contribution in [0.2, 0.25) is 0 Å². The summed E-state index contributed by atoms with van der Waals surface area (Å²) in [6.45, 7) is 2.70. The molecule has 0 bridgehead atoms. The van der Waals surface area contributed by atoms with Gasteiger partial charge >= 0.3 is 0 Å². The first-order valence-electron chi connectivity index (χ1n) is 5.34. The lowest BCUT2D eigenvalue weighted by atomic mass is 9.98. The minimum Gasteiger partial charge on any atom is -0.339 e. The lowest BCUT2D eigenvalue weighted by molar-refractivity contribution is -0.132. The molecule has 2 aliphatic rings. The first-order chi connectivity index (χ1) is 6.79. The maximum atomic E-state index is 11.5. The highest BCUT2D eigenvalue weighted by atomic mass is 33.1. The predicted molar refractivity (Wildman–Crippen MR) is 63.5 cm³/mol. The Morgan fingerprint density at radius 2 is 2.21 bits per heavy atom. The van der Waals surface area contributed by atoms with Crippen LogP contribution in [0, 0.1) is 0 Å². The number of rotatable bonds is 1. The fourth-order valence-corrected chi connectivity index (χ4v) is 5.51. The Morgan fingerprint density at radius 3 is 2.86 bits per heavy atom. The zero-order chi connectivity index (χ0) is 9.97. The summed E-state index contributed by atoms with van der Waals surface area (Å²) < 4.78 is 0. The third-order valence-corrected chi connectivity index (χ3v) is 6.05. The SMILES string of the molecule is CC(=O)N1CCCCC1C1CCSS1. The van der Waals surface area contributed by atoms with E-state index in [0.29, 0.717) is 11.3 Å². The Labute approximate surface area is 93.6 Å². The number of hydrogen-bond acceptors (Lipinski definition) is 3. The molecular formula is C10H17NOS2. The third kappa shape index (κ3) is 2.22. The molecule has 2 aliphatic heterocycles. The summed E-state index contributed by atoms with van der Waals surface area (Å²) in [4.78, 5) is 13.6. The minimum atomic E-state index is 0.271. The highest BCUT2D eigenvalue weighted by Crippen LogP contribution is 2.42. The van der Waals surface area contributed by atoms with Crippen molar-refractivity contribution in [1.29, 1.82) is 0 Å². The highest BCUT2D eigenvalue weighted by molar-refractivity contribution is 8.77. The molecule has 0 aromatic rings. The molecule has 2 fully saturated rings. The minimum absolute atomic E-state index is 0.271. The second-order valence-electron chi connectivity index (χ2n) is 4.02. The molecule has 0 spiro atoms. The van der Waals surface area contributed by atoms with E-state index < -0.39 is 0 Å². The normalized spacial score (nSPS) is 33.4. The van der Waals surface area contributed by atoms with Crippen LogP contribution in [0.3, 0.4) is 0 Å². The Kier molecular flexibility index (Phi) is 3.66. The zero-order valence-corrected chi connectivity index (χ0v) is 10.2. The average Bonchev–Trinajstić information content (AvgIpc) is 2.70. The van der Waals surface area contributed by atoms with Crippen LogP contribution in [0.25, 0.3) is 0 Å². The van der Waals surface area contributed by atoms with Gasteiger partial charge in [0.15, 0.2) is 0 Å². The van der Waals surface area contributed by atoms with Gasteiger partial charge in [0.1, 0.15) is 0 Å². The van der Waals surface area contributed by atoms with E-state index in [9.17, 15) is 4.79 Å². The fourth-order valence-electron chi connectivity index (χ4n) is 2.34. The molecule has 80 valence electrons. The van der Waals surface area contributed by atoms with E-state index in [2.05, 4.69) is 4.90 Å². The summed E-state index contributed by atoms with van der Waals surface area (Å²) in [5.41, 5.74) is 0. The topological polar surface area (TPSA) is 20.3 Å². The molecule has 2 nitrogen and oxygen atoms in total. The summed E-state index contributed by atoms with van der Waals surface area (Å²) in [6.07, 6.45) is 5.00. The van der Waals surface area contributed by atoms with Gasteiger partial charge in [0.25, 0.3) is 0 Å². The van der Waals surface area contributed by atoms with Gasteiger partial charge < -0.3 is 4.90 Å². The van der Waals surface area contributed by atoms with Crippen LogP contribution in [-0.4, -0.2) is 34.4 Å². The summed E-state index contributed by atoms with van der Waals surface area (Å²) >= 11 is 0. The molecule has 2 saturated heterocycles. The standard InChI is InChI=1S/C10H17NOS2/c1-8(12)11-6-3-2-4-9(11)10-5-7-13-14-10/h9-10H,2-7H2,1H3. The van der Waals surface area contributed by atoms with E-state index >= 15 is 0 Å². The van der Waals surface area contributed by atoms with Crippen LogP contribution in [-0.2, 0) is 4.79 Å². The number of hydrogen-bond donors (Lipinski definition) is 0. The quantitative estimate of drug-likeness (QED) is 0.647. The second kappa shape index (κ2) is 4.79. The van der Waals surface area contributed by atoms with Gasteiger partial charge in [-0.3, -0.25) is 4.79 Å². The van der Waals surface area contributed by atoms with E-state index in [4.69, 9.17) is 0 Å². The fraction of sp³-hybridized carbons (Fsp3) is 0.900. The number of carbonyl (C=O) groups is 1. The molecule has 2 unspecified atom stereocenters. The van der Waals surface area contributed by atoms with Crippen molar-refractivity contribution in [1.82, 2.24) is 4.90 Å². The van der Waals surface area contributed by atoms with E-state index in [1.807, 2.05) is 21.6 Å². The molecule has 4 heteroatoms. The van der Waals surface area contributed by atoms with Gasteiger partial charge in [-0.1, -0.05) is 21.6 Å². The van der Waals surface area contributed by atoms with Gasteiger partial charge in [-0.25, -0.2) is 0 Å². The van der Waals surface area contributed by atoms with Gasteiger partial charge in [0.2, 0.25) is 5.91 Å². The molecule has 0 saturated carbocycles. The predicted octanol–water partition coefficient (Wildman–Crippen LogP) is 2.54. The Hall–Kier alpha value is 0.170. The molecule has 1 amide bonds. The number of piperidine rings is 1. The van der Waals surface area contributed by atoms with Crippen molar-refractivity contribution < 1.29 is 4.79 Å². The summed E-state index contributed by atoms with van der Waals surface area (Å²) in [7, 11) is 3.96. The summed E-state index contributed by atoms with van der Waals surface area (Å²) in [5.74, 6) is 1.53. The van der Waals surface area contributed by atoms with Crippen molar-refractivity contribution in [2.45, 2.75) is 43.9 Å². The first kappa shape index (κ1) is 10.7. The zero-order valence-electron chi connectivity index (χ0n) is 8.57. The lowest BCUT2D eigenvalue weighted by Gasteiger charge is -2.38. The smallest absolute Gasteiger partial charge is 0.219 e. The van der Waals surface area contributed by atoms with E-state index in [1.165, 1.54) is 31.4 Å². The molecule has 0 aromatic carbocycles. The number of amides is 1. The first-order valence-corrected chi connectivity index (χ1v) is 7.73. The van der Waals surface area contributed by atoms with Crippen molar-refractivity contribution in [3.8, 4) is 0 Å². The van der Waals surface area contributed by atoms with Gasteiger partial charge in [-0.05, 0) is 25.7 Å². The second-order valence-corrected chi connectivity index (χ2v) is 6.75. The van der Waals surface area contributed by atoms with Crippen LogP contribution < -0.4 is 0 Å². The number of carbonyl (C=O) groups excluding carboxylic acids is 1. The average molecular weight is 231 g/mol. The van der Waals surface area contributed by atoms with E-state index in [1.54, 1.807) is 6.92 Å². The van der Waals surface area contributed by atoms with Crippen molar-refractivity contribution >= 4 is 27.5 Å². The highest BCUT2D eigenvalue weighted by Gasteiger charge is 2.33. The lowest BCUT2D eigenvalue weighted by Crippen LogP contribution is -2.47. The molecule has 0 aromatic heterocycles. The molecular weight excluding hydrogens is 214 g/mol. The van der Waals surface area contributed by atoms with Crippen LogP contribution in [0.4, 0.5) is 0 Å². The molecule has 2 atom stereocenters. The molecule has 14 heavy (non-hydrogen) atoms. The maximum absolute atomic E-state index is 11.5. The van der Waals surface area contributed by atoms with Crippen molar-refractivity contribution in [3.05, 3.63) is 0 Å². The van der Waals surface area contributed by atoms with Crippen molar-refractivity contribution in [2.24, 2.45) is 0 Å². The van der Waals surface area contributed by atoms with E-state index in [0.717, 1.165) is 6.54 Å². The van der Waals surface area contributed by atoms with Crippen molar-refractivity contribution in [2.75, 3.05) is 12.3 Å². The Morgan fingerprint density at radius 1 is 1.36 bits per heavy atom. The van der Waals surface area contributed by atoms with Crippen LogP contribution in [0.1, 0.15) is 32.6 Å². The maximum Gasteiger partial charge on any atom is 0.219 e. The third-order valence-electron chi connectivity index (χ3n) is 3.06. The Balaban J connectivity index is 2.01. The molecule has 0 radical (unpaired) electrons. The monoisotopic (exact) mass is 231 g/mol. The molecule has 0 N–H and O–H groups in total.